The van der Waals surface area contributed by atoms with E-state index in [1.54, 1.807) is 0 Å². The van der Waals surface area contributed by atoms with E-state index in [0.717, 1.165) is 11.4 Å². The molecule has 2 heteroatoms. The van der Waals surface area contributed by atoms with Crippen molar-refractivity contribution < 1.29 is 0 Å². The van der Waals surface area contributed by atoms with E-state index in [4.69, 9.17) is 0 Å². The Labute approximate surface area is 298 Å². The zero-order valence-corrected chi connectivity index (χ0v) is 28.7. The molecule has 1 aromatic heterocycles. The maximum atomic E-state index is 2.50. The highest BCUT2D eigenvalue weighted by molar-refractivity contribution is 6.16. The number of aromatic nitrogens is 1. The summed E-state index contributed by atoms with van der Waals surface area (Å²) in [6.07, 6.45) is 0. The molecule has 0 saturated carbocycles. The molecular weight excluding hydrogens is 617 g/mol. The Morgan fingerprint density at radius 3 is 1.86 bits per heavy atom. The first-order valence-electron chi connectivity index (χ1n) is 17.8. The largest absolute Gasteiger partial charge is 0.342 e. The number of nitrogens with zero attached hydrogens (tertiary/aromatic N) is 2. The lowest BCUT2D eigenvalue weighted by Crippen LogP contribution is -2.23. The minimum absolute atomic E-state index is 0.385. The van der Waals surface area contributed by atoms with Crippen LogP contribution < -0.4 is 4.90 Å². The fourth-order valence-corrected chi connectivity index (χ4v) is 8.82. The highest BCUT2D eigenvalue weighted by atomic mass is 15.2. The van der Waals surface area contributed by atoms with Gasteiger partial charge in [0.05, 0.1) is 16.9 Å². The lowest BCUT2D eigenvalue weighted by Gasteiger charge is -2.32. The van der Waals surface area contributed by atoms with Gasteiger partial charge in [0.2, 0.25) is 0 Å². The number of aryl methyl sites for hydroxylation is 1. The Morgan fingerprint density at radius 2 is 1.10 bits per heavy atom. The highest BCUT2D eigenvalue weighted by Crippen LogP contribution is 2.58. The van der Waals surface area contributed by atoms with Gasteiger partial charge in [-0.05, 0) is 87.7 Å². The van der Waals surface area contributed by atoms with Crippen molar-refractivity contribution in [3.8, 4) is 22.3 Å². The number of anilines is 3. The van der Waals surface area contributed by atoms with Crippen molar-refractivity contribution in [2.24, 2.45) is 7.05 Å². The third-order valence-corrected chi connectivity index (χ3v) is 11.2. The molecule has 10 rings (SSSR count). The monoisotopic (exact) mass is 652 g/mol. The van der Waals surface area contributed by atoms with Gasteiger partial charge in [0.25, 0.3) is 0 Å². The van der Waals surface area contributed by atoms with E-state index in [2.05, 4.69) is 205 Å². The van der Waals surface area contributed by atoms with Crippen molar-refractivity contribution >= 4 is 49.6 Å². The van der Waals surface area contributed by atoms with Gasteiger partial charge in [0.1, 0.15) is 0 Å². The van der Waals surface area contributed by atoms with Crippen LogP contribution in [0.4, 0.5) is 17.1 Å². The smallest absolute Gasteiger partial charge is 0.0733 e. The molecule has 9 aromatic rings. The first-order chi connectivity index (χ1) is 25.1. The summed E-state index contributed by atoms with van der Waals surface area (Å²) in [6.45, 7) is 2.43. The molecule has 0 amide bonds. The van der Waals surface area contributed by atoms with Crippen molar-refractivity contribution in [2.45, 2.75) is 12.3 Å². The van der Waals surface area contributed by atoms with Crippen molar-refractivity contribution in [1.29, 1.82) is 0 Å². The molecule has 8 aromatic carbocycles. The predicted octanol–water partition coefficient (Wildman–Crippen LogP) is 13.0. The molecule has 0 aliphatic heterocycles. The van der Waals surface area contributed by atoms with Crippen LogP contribution in [0.25, 0.3) is 54.8 Å². The number of benzene rings is 8. The van der Waals surface area contributed by atoms with Gasteiger partial charge in [-0.15, -0.1) is 0 Å². The summed E-state index contributed by atoms with van der Waals surface area (Å²) in [4.78, 5) is 2.49. The molecule has 242 valence electrons. The molecule has 1 aliphatic rings. The molecule has 2 nitrogen and oxygen atoms in total. The zero-order valence-electron chi connectivity index (χ0n) is 28.7. The van der Waals surface area contributed by atoms with Crippen LogP contribution in [0.3, 0.4) is 0 Å². The molecule has 1 aliphatic carbocycles. The maximum Gasteiger partial charge on any atom is 0.0733 e. The second-order valence-electron chi connectivity index (χ2n) is 13.9. The van der Waals surface area contributed by atoms with Gasteiger partial charge in [-0.25, -0.2) is 0 Å². The van der Waals surface area contributed by atoms with E-state index in [0.29, 0.717) is 0 Å². The highest BCUT2D eigenvalue weighted by Gasteiger charge is 2.43. The van der Waals surface area contributed by atoms with Gasteiger partial charge < -0.3 is 9.47 Å². The van der Waals surface area contributed by atoms with Crippen LogP contribution in [0.15, 0.2) is 182 Å². The van der Waals surface area contributed by atoms with Gasteiger partial charge in [0, 0.05) is 39.8 Å². The summed E-state index contributed by atoms with van der Waals surface area (Å²) < 4.78 is 2.36. The SMILES string of the molecule is Cn1c2ccccc2c2cccc(N(c3ccccc3)c3cc4c(c5ccccc35)-c3ccc(-c5ccccc5)cc3C4(C)c3ccccc3)c21. The molecule has 51 heavy (non-hydrogen) atoms. The Hall–Kier alpha value is -6.38. The zero-order chi connectivity index (χ0) is 34.1. The van der Waals surface area contributed by atoms with Gasteiger partial charge in [0.15, 0.2) is 0 Å². The molecule has 1 unspecified atom stereocenters. The third-order valence-electron chi connectivity index (χ3n) is 11.2. The molecule has 0 N–H and O–H groups in total. The summed E-state index contributed by atoms with van der Waals surface area (Å²) >= 11 is 0. The topological polar surface area (TPSA) is 8.17 Å². The molecule has 0 fully saturated rings. The molecule has 0 spiro atoms. The Kier molecular flexibility index (Phi) is 6.56. The fraction of sp³-hybridized carbons (Fsp3) is 0.0612. The number of fused-ring (bicyclic) bond motifs is 8. The van der Waals surface area contributed by atoms with Crippen molar-refractivity contribution in [3.05, 3.63) is 199 Å². The number of rotatable bonds is 5. The molecule has 1 heterocycles. The standard InChI is InChI=1S/C49H36N2/c1-49(35-19-8-4-9-20-35)42-31-34(33-17-6-3-7-18-33)29-30-41(42)47-39-25-13-12-23-37(39)46(32-43(47)49)51(36-21-10-5-11-22-36)45-28-16-26-40-38-24-14-15-27-44(38)50(2)48(40)45/h3-32H,1-2H3. The molecule has 0 radical (unpaired) electrons. The van der Waals surface area contributed by atoms with Crippen molar-refractivity contribution in [3.63, 3.8) is 0 Å². The summed E-state index contributed by atoms with van der Waals surface area (Å²) in [5.41, 5.74) is 14.6. The van der Waals surface area contributed by atoms with Crippen LogP contribution >= 0.6 is 0 Å². The summed E-state index contributed by atoms with van der Waals surface area (Å²) in [6, 6.07) is 66.8. The van der Waals surface area contributed by atoms with E-state index in [-0.39, 0.29) is 5.41 Å². The van der Waals surface area contributed by atoms with E-state index >= 15 is 0 Å². The first-order valence-corrected chi connectivity index (χ1v) is 17.8. The summed E-state index contributed by atoms with van der Waals surface area (Å²) in [5.74, 6) is 0. The molecule has 0 bridgehead atoms. The molecule has 1 atom stereocenters. The Balaban J connectivity index is 1.31. The summed E-state index contributed by atoms with van der Waals surface area (Å²) in [5, 5.41) is 5.02. The van der Waals surface area contributed by atoms with Gasteiger partial charge >= 0.3 is 0 Å². The minimum atomic E-state index is -0.385. The van der Waals surface area contributed by atoms with Crippen molar-refractivity contribution in [2.75, 3.05) is 4.90 Å². The number of para-hydroxylation sites is 3. The number of hydrogen-bond acceptors (Lipinski definition) is 1. The third kappa shape index (κ3) is 4.30. The van der Waals surface area contributed by atoms with E-state index < -0.39 is 0 Å². The van der Waals surface area contributed by atoms with E-state index in [1.165, 1.54) is 77.2 Å². The van der Waals surface area contributed by atoms with Gasteiger partial charge in [-0.1, -0.05) is 146 Å². The van der Waals surface area contributed by atoms with Crippen LogP contribution in [0.5, 0.6) is 0 Å². The maximum absolute atomic E-state index is 2.50. The van der Waals surface area contributed by atoms with Crippen LogP contribution in [-0.2, 0) is 12.5 Å². The lowest BCUT2D eigenvalue weighted by atomic mass is 9.73. The van der Waals surface area contributed by atoms with Crippen molar-refractivity contribution in [1.82, 2.24) is 4.57 Å². The molecule has 0 saturated heterocycles. The normalized spacial score (nSPS) is 14.9. The molecular formula is C49H36N2. The fourth-order valence-electron chi connectivity index (χ4n) is 8.82. The Bertz CT molecular complexity index is 2760. The Morgan fingerprint density at radius 1 is 0.471 bits per heavy atom. The van der Waals surface area contributed by atoms with Gasteiger partial charge in [-0.3, -0.25) is 0 Å². The quantitative estimate of drug-likeness (QED) is 0.180. The minimum Gasteiger partial charge on any atom is -0.342 e. The van der Waals surface area contributed by atoms with Crippen LogP contribution in [0.2, 0.25) is 0 Å². The van der Waals surface area contributed by atoms with E-state index in [9.17, 15) is 0 Å². The lowest BCUT2D eigenvalue weighted by molar-refractivity contribution is 0.714. The first kappa shape index (κ1) is 29.5. The number of hydrogen-bond donors (Lipinski definition) is 0. The van der Waals surface area contributed by atoms with Crippen LogP contribution in [0.1, 0.15) is 23.6 Å². The van der Waals surface area contributed by atoms with Gasteiger partial charge in [-0.2, -0.15) is 0 Å². The van der Waals surface area contributed by atoms with E-state index in [1.807, 2.05) is 0 Å². The predicted molar refractivity (Wildman–Crippen MR) is 215 cm³/mol. The van der Waals surface area contributed by atoms with Crippen LogP contribution in [0, 0.1) is 0 Å². The average Bonchev–Trinajstić information content (AvgIpc) is 3.64. The summed E-state index contributed by atoms with van der Waals surface area (Å²) in [7, 11) is 2.20. The van der Waals surface area contributed by atoms with Crippen LogP contribution in [-0.4, -0.2) is 4.57 Å². The average molecular weight is 653 g/mol. The second-order valence-corrected chi connectivity index (χ2v) is 13.9. The second kappa shape index (κ2) is 11.3.